The van der Waals surface area contributed by atoms with Gasteiger partial charge in [0.15, 0.2) is 0 Å². The van der Waals surface area contributed by atoms with Crippen molar-refractivity contribution in [3.05, 3.63) is 81.9 Å². The highest BCUT2D eigenvalue weighted by atomic mass is 32.1. The van der Waals surface area contributed by atoms with Crippen LogP contribution in [0.25, 0.3) is 10.2 Å². The number of primary amides is 1. The van der Waals surface area contributed by atoms with Crippen LogP contribution in [0.5, 0.6) is 0 Å². The highest BCUT2D eigenvalue weighted by molar-refractivity contribution is 7.20. The lowest BCUT2D eigenvalue weighted by molar-refractivity contribution is 0.0980. The van der Waals surface area contributed by atoms with E-state index in [2.05, 4.69) is 17.2 Å². The Labute approximate surface area is 183 Å². The summed E-state index contributed by atoms with van der Waals surface area (Å²) in [4.78, 5) is 28.8. The van der Waals surface area contributed by atoms with Crippen molar-refractivity contribution in [1.29, 1.82) is 0 Å². The van der Waals surface area contributed by atoms with Crippen LogP contribution in [0, 0.1) is 6.92 Å². The minimum atomic E-state index is -0.454. The van der Waals surface area contributed by atoms with Gasteiger partial charge in [0.1, 0.15) is 4.83 Å². The zero-order chi connectivity index (χ0) is 21.5. The maximum atomic E-state index is 13.5. The first kappa shape index (κ1) is 19.5. The van der Waals surface area contributed by atoms with Crippen LogP contribution in [-0.4, -0.2) is 28.1 Å². The average molecular weight is 431 g/mol. The van der Waals surface area contributed by atoms with Crippen LogP contribution in [0.4, 0.5) is 5.69 Å². The Kier molecular flexibility index (Phi) is 4.82. The number of nitrogens with zero attached hydrogens (tertiary/aromatic N) is 3. The van der Waals surface area contributed by atoms with Gasteiger partial charge in [-0.25, -0.2) is 0 Å². The average Bonchev–Trinajstić information content (AvgIpc) is 3.34. The lowest BCUT2D eigenvalue weighted by atomic mass is 9.95. The van der Waals surface area contributed by atoms with Crippen molar-refractivity contribution in [2.75, 3.05) is 11.4 Å². The van der Waals surface area contributed by atoms with Crippen LogP contribution in [-0.2, 0) is 13.0 Å². The summed E-state index contributed by atoms with van der Waals surface area (Å²) in [6.07, 6.45) is 1.55. The molecule has 2 aromatic heterocycles. The van der Waals surface area contributed by atoms with Gasteiger partial charge in [-0.2, -0.15) is 5.10 Å². The fourth-order valence-electron chi connectivity index (χ4n) is 4.28. The van der Waals surface area contributed by atoms with Gasteiger partial charge in [-0.05, 0) is 49.1 Å². The first-order valence-electron chi connectivity index (χ1n) is 10.3. The second kappa shape index (κ2) is 7.67. The minimum Gasteiger partial charge on any atom is -0.366 e. The predicted octanol–water partition coefficient (Wildman–Crippen LogP) is 4.15. The molecular weight excluding hydrogens is 408 g/mol. The Morgan fingerprint density at radius 2 is 1.94 bits per heavy atom. The molecule has 0 saturated heterocycles. The number of aryl methyl sites for hydroxylation is 1. The molecule has 0 radical (unpaired) electrons. The number of hydrogen-bond donors (Lipinski definition) is 1. The van der Waals surface area contributed by atoms with Crippen LogP contribution in [0.1, 0.15) is 43.3 Å². The molecule has 156 valence electrons. The number of aromatic nitrogens is 2. The van der Waals surface area contributed by atoms with E-state index in [1.54, 1.807) is 17.0 Å². The molecule has 0 atom stereocenters. The molecule has 0 aliphatic carbocycles. The van der Waals surface area contributed by atoms with Crippen LogP contribution in [0.15, 0.2) is 54.6 Å². The Balaban J connectivity index is 1.51. The molecule has 0 bridgehead atoms. The van der Waals surface area contributed by atoms with Gasteiger partial charge in [-0.1, -0.05) is 36.4 Å². The summed E-state index contributed by atoms with van der Waals surface area (Å²) in [6.45, 7) is 3.26. The van der Waals surface area contributed by atoms with Crippen molar-refractivity contribution in [2.24, 2.45) is 5.73 Å². The molecule has 31 heavy (non-hydrogen) atoms. The number of carbonyl (C=O) groups excluding carboxylic acids is 2. The molecule has 2 N–H and O–H groups in total. The van der Waals surface area contributed by atoms with Crippen molar-refractivity contribution in [3.63, 3.8) is 0 Å². The smallest absolute Gasteiger partial charge is 0.268 e. The molecule has 0 fully saturated rings. The van der Waals surface area contributed by atoms with Gasteiger partial charge >= 0.3 is 0 Å². The largest absolute Gasteiger partial charge is 0.366 e. The van der Waals surface area contributed by atoms with E-state index in [9.17, 15) is 9.59 Å². The first-order chi connectivity index (χ1) is 15.0. The number of fused-ring (bicyclic) bond motifs is 2. The maximum absolute atomic E-state index is 13.5. The maximum Gasteiger partial charge on any atom is 0.268 e. The number of anilines is 1. The Hall–Kier alpha value is -3.45. The Morgan fingerprint density at radius 3 is 2.71 bits per heavy atom. The first-order valence-corrected chi connectivity index (χ1v) is 11.1. The number of nitrogens with two attached hydrogens (primary N) is 1. The number of carbonyl (C=O) groups is 2. The third kappa shape index (κ3) is 3.41. The van der Waals surface area contributed by atoms with Gasteiger partial charge in [-0.3, -0.25) is 14.3 Å². The summed E-state index contributed by atoms with van der Waals surface area (Å²) in [6, 6.07) is 17.5. The predicted molar refractivity (Wildman–Crippen MR) is 123 cm³/mol. The molecule has 0 unspecified atom stereocenters. The van der Waals surface area contributed by atoms with E-state index in [4.69, 9.17) is 5.73 Å². The van der Waals surface area contributed by atoms with Crippen LogP contribution in [0.2, 0.25) is 0 Å². The standard InChI is InChI=1S/C24H22N4O2S/c1-15-19-13-21(31-24(19)28(26-15)14-16-7-3-2-4-8-16)23(30)27-12-6-10-17-18(22(25)29)9-5-11-20(17)27/h2-5,7-9,11,13H,6,10,12,14H2,1H3,(H2,25,29). The molecule has 0 saturated carbocycles. The molecule has 4 aromatic rings. The monoisotopic (exact) mass is 430 g/mol. The van der Waals surface area contributed by atoms with Crippen molar-refractivity contribution in [1.82, 2.24) is 9.78 Å². The normalized spacial score (nSPS) is 13.4. The second-order valence-corrected chi connectivity index (χ2v) is 8.82. The van der Waals surface area contributed by atoms with Crippen LogP contribution >= 0.6 is 11.3 Å². The van der Waals surface area contributed by atoms with Crippen LogP contribution in [0.3, 0.4) is 0 Å². The van der Waals surface area contributed by atoms with Gasteiger partial charge in [-0.15, -0.1) is 11.3 Å². The van der Waals surface area contributed by atoms with Gasteiger partial charge in [0.2, 0.25) is 5.91 Å². The molecule has 3 heterocycles. The highest BCUT2D eigenvalue weighted by Crippen LogP contribution is 2.34. The number of hydrogen-bond acceptors (Lipinski definition) is 4. The lowest BCUT2D eigenvalue weighted by Crippen LogP contribution is -2.36. The summed E-state index contributed by atoms with van der Waals surface area (Å²) >= 11 is 1.47. The van der Waals surface area contributed by atoms with E-state index in [0.29, 0.717) is 23.5 Å². The summed E-state index contributed by atoms with van der Waals surface area (Å²) < 4.78 is 1.97. The third-order valence-electron chi connectivity index (χ3n) is 5.75. The lowest BCUT2D eigenvalue weighted by Gasteiger charge is -2.30. The topological polar surface area (TPSA) is 81.2 Å². The molecule has 2 aromatic carbocycles. The summed E-state index contributed by atoms with van der Waals surface area (Å²) in [5.41, 5.74) is 9.78. The van der Waals surface area contributed by atoms with Gasteiger partial charge < -0.3 is 10.6 Å². The number of amides is 2. The van der Waals surface area contributed by atoms with E-state index in [0.717, 1.165) is 45.6 Å². The molecular formula is C24H22N4O2S. The molecule has 1 aliphatic heterocycles. The quantitative estimate of drug-likeness (QED) is 0.528. The van der Waals surface area contributed by atoms with Gasteiger partial charge in [0.05, 0.1) is 17.1 Å². The van der Waals surface area contributed by atoms with Crippen molar-refractivity contribution in [3.8, 4) is 0 Å². The fraction of sp³-hybridized carbons (Fsp3) is 0.208. The number of rotatable bonds is 4. The number of benzene rings is 2. The van der Waals surface area contributed by atoms with Gasteiger partial charge in [0.25, 0.3) is 5.91 Å². The molecule has 0 spiro atoms. The fourth-order valence-corrected chi connectivity index (χ4v) is 5.39. The zero-order valence-corrected chi connectivity index (χ0v) is 18.0. The van der Waals surface area contributed by atoms with E-state index in [1.165, 1.54) is 11.3 Å². The zero-order valence-electron chi connectivity index (χ0n) is 17.2. The van der Waals surface area contributed by atoms with Crippen LogP contribution < -0.4 is 10.6 Å². The SMILES string of the molecule is Cc1nn(Cc2ccccc2)c2sc(C(=O)N3CCCc4c(C(N)=O)cccc43)cc12. The molecule has 1 aliphatic rings. The second-order valence-electron chi connectivity index (χ2n) is 7.79. The van der Waals surface area contributed by atoms with E-state index in [-0.39, 0.29) is 5.91 Å². The summed E-state index contributed by atoms with van der Waals surface area (Å²) in [5.74, 6) is -0.501. The highest BCUT2D eigenvalue weighted by Gasteiger charge is 2.28. The number of thiophene rings is 1. The third-order valence-corrected chi connectivity index (χ3v) is 6.89. The van der Waals surface area contributed by atoms with Crippen molar-refractivity contribution >= 4 is 39.1 Å². The van der Waals surface area contributed by atoms with Crippen molar-refractivity contribution < 1.29 is 9.59 Å². The van der Waals surface area contributed by atoms with Gasteiger partial charge in [0, 0.05) is 23.2 Å². The van der Waals surface area contributed by atoms with E-state index in [1.807, 2.05) is 41.9 Å². The molecule has 7 heteroatoms. The summed E-state index contributed by atoms with van der Waals surface area (Å²) in [5, 5.41) is 5.68. The molecule has 6 nitrogen and oxygen atoms in total. The Bertz CT molecular complexity index is 1310. The van der Waals surface area contributed by atoms with E-state index < -0.39 is 5.91 Å². The van der Waals surface area contributed by atoms with Crippen molar-refractivity contribution in [2.45, 2.75) is 26.3 Å². The van der Waals surface area contributed by atoms with E-state index >= 15 is 0 Å². The Morgan fingerprint density at radius 1 is 1.13 bits per heavy atom. The minimum absolute atomic E-state index is 0.0468. The molecule has 2 amide bonds. The summed E-state index contributed by atoms with van der Waals surface area (Å²) in [7, 11) is 0. The molecule has 5 rings (SSSR count).